The highest BCUT2D eigenvalue weighted by molar-refractivity contribution is 5.74. The van der Waals surface area contributed by atoms with Crippen LogP contribution in [0.25, 0.3) is 0 Å². The van der Waals surface area contributed by atoms with Crippen molar-refractivity contribution in [2.24, 2.45) is 18.8 Å². The first-order valence-corrected chi connectivity index (χ1v) is 4.63. The van der Waals surface area contributed by atoms with E-state index in [0.717, 1.165) is 0 Å². The van der Waals surface area contributed by atoms with Gasteiger partial charge in [-0.2, -0.15) is 0 Å². The summed E-state index contributed by atoms with van der Waals surface area (Å²) in [6.45, 7) is -5.54. The molecule has 1 fully saturated rings. The van der Waals surface area contributed by atoms with Gasteiger partial charge in [-0.25, -0.2) is 4.98 Å². The van der Waals surface area contributed by atoms with Crippen molar-refractivity contribution in [3.63, 3.8) is 0 Å². The second kappa shape index (κ2) is 4.28. The molecule has 4 heteroatoms. The Hall–Kier alpha value is -1.32. The zero-order valence-corrected chi connectivity index (χ0v) is 8.63. The first-order valence-electron chi connectivity index (χ1n) is 10.1. The summed E-state index contributed by atoms with van der Waals surface area (Å²) in [5.74, 6) is -7.28. The van der Waals surface area contributed by atoms with Crippen molar-refractivity contribution in [2.75, 3.05) is 6.61 Å². The molecule has 0 amide bonds. The number of aromatic nitrogens is 2. The molecule has 1 aliphatic heterocycles. The van der Waals surface area contributed by atoms with E-state index in [1.54, 1.807) is 0 Å². The van der Waals surface area contributed by atoms with Gasteiger partial charge in [0.25, 0.3) is 0 Å². The summed E-state index contributed by atoms with van der Waals surface area (Å²) in [7, 11) is 0. The van der Waals surface area contributed by atoms with Crippen molar-refractivity contribution in [1.82, 2.24) is 9.55 Å². The Kier molecular flexibility index (Phi) is 1.03. The molecule has 0 aromatic carbocycles. The summed E-state index contributed by atoms with van der Waals surface area (Å²) in [4.78, 5) is 15.7. The highest BCUT2D eigenvalue weighted by Crippen LogP contribution is 2.28. The van der Waals surface area contributed by atoms with Gasteiger partial charge in [0.1, 0.15) is 5.82 Å². The Morgan fingerprint density at radius 1 is 1.94 bits per heavy atom. The number of rotatable bonds is 3. The van der Waals surface area contributed by atoms with Gasteiger partial charge in [0.05, 0.1) is 13.9 Å². The molecule has 16 heavy (non-hydrogen) atoms. The van der Waals surface area contributed by atoms with Gasteiger partial charge in [-0.05, 0) is 19.7 Å². The Morgan fingerprint density at radius 3 is 3.56 bits per heavy atom. The van der Waals surface area contributed by atoms with E-state index in [1.165, 1.54) is 6.92 Å². The molecule has 0 aliphatic carbocycles. The lowest BCUT2D eigenvalue weighted by Crippen LogP contribution is -2.18. The zero-order valence-electron chi connectivity index (χ0n) is 19.6. The average Bonchev–Trinajstić information content (AvgIpc) is 2.86. The van der Waals surface area contributed by atoms with Crippen LogP contribution >= 0.6 is 0 Å². The third kappa shape index (κ3) is 1.84. The van der Waals surface area contributed by atoms with Gasteiger partial charge in [-0.3, -0.25) is 4.79 Å². The predicted molar refractivity (Wildman–Crippen MR) is 59.9 cm³/mol. The normalized spacial score (nSPS) is 46.6. The number of aryl methyl sites for hydroxylation is 1. The second-order valence-corrected chi connectivity index (χ2v) is 3.29. The SMILES string of the molecule is [2H]c1nc(C)n(C([2H])([2H])[2H])c1C([2H])([2H])[C@@]1([2H])COC(=O)[C@@]1([2H])CC([2H])([2H])[2H]. The highest BCUT2D eigenvalue weighted by atomic mass is 16.5. The standard InChI is InChI=1S/C12H18N2O2/c1-4-11-9(7-16-12(11)15)5-10-6-13-8(2)14(10)3/h6,9,11H,4-5,7H2,1-3H3/t9-,11-/m0/s1/i1D3,3D3,5D2,6D,9D,11D. The fraction of sp³-hybridized carbons (Fsp3) is 0.667. The lowest BCUT2D eigenvalue weighted by atomic mass is 9.89. The molecule has 1 aromatic heterocycles. The summed E-state index contributed by atoms with van der Waals surface area (Å²) in [5, 5.41) is 0. The van der Waals surface area contributed by atoms with E-state index >= 15 is 0 Å². The molecule has 0 saturated carbocycles. The highest BCUT2D eigenvalue weighted by Gasteiger charge is 2.35. The van der Waals surface area contributed by atoms with Crippen LogP contribution in [0.2, 0.25) is 0 Å². The van der Waals surface area contributed by atoms with Crippen molar-refractivity contribution < 1.29 is 24.6 Å². The molecule has 0 spiro atoms. The summed E-state index contributed by atoms with van der Waals surface area (Å²) in [6, 6.07) is 0. The van der Waals surface area contributed by atoms with E-state index in [9.17, 15) is 4.79 Å². The average molecular weight is 233 g/mol. The number of carbonyl (C=O) groups is 1. The number of cyclic esters (lactones) is 1. The summed E-state index contributed by atoms with van der Waals surface area (Å²) in [6.07, 6.45) is -5.06. The van der Waals surface area contributed by atoms with Crippen molar-refractivity contribution in [3.8, 4) is 0 Å². The molecule has 0 bridgehead atoms. The quantitative estimate of drug-likeness (QED) is 0.743. The van der Waals surface area contributed by atoms with Gasteiger partial charge in [0.15, 0.2) is 0 Å². The molecule has 1 aromatic rings. The van der Waals surface area contributed by atoms with E-state index in [4.69, 9.17) is 15.1 Å². The maximum absolute atomic E-state index is 12.1. The molecule has 0 N–H and O–H groups in total. The summed E-state index contributed by atoms with van der Waals surface area (Å²) < 4.78 is 91.4. The van der Waals surface area contributed by atoms with Crippen LogP contribution in [0.4, 0.5) is 0 Å². The molecule has 1 aliphatic rings. The van der Waals surface area contributed by atoms with E-state index in [0.29, 0.717) is 4.57 Å². The Balaban J connectivity index is 2.74. The first kappa shape index (κ1) is 3.86. The van der Waals surface area contributed by atoms with Crippen molar-refractivity contribution in [1.29, 1.82) is 0 Å². The molecule has 0 unspecified atom stereocenters. The fourth-order valence-corrected chi connectivity index (χ4v) is 1.35. The minimum Gasteiger partial charge on any atom is -0.465 e. The molecule has 4 nitrogen and oxygen atoms in total. The van der Waals surface area contributed by atoms with Crippen molar-refractivity contribution >= 4 is 5.97 Å². The van der Waals surface area contributed by atoms with Gasteiger partial charge in [-0.1, -0.05) is 6.85 Å². The molecule has 2 rings (SSSR count). The van der Waals surface area contributed by atoms with E-state index in [2.05, 4.69) is 9.72 Å². The molecule has 88 valence electrons. The number of ether oxygens (including phenoxy) is 1. The van der Waals surface area contributed by atoms with Crippen LogP contribution in [0.15, 0.2) is 6.17 Å². The van der Waals surface area contributed by atoms with Gasteiger partial charge in [0, 0.05) is 38.4 Å². The predicted octanol–water partition coefficient (Wildman–Crippen LogP) is 1.47. The van der Waals surface area contributed by atoms with E-state index in [-0.39, 0.29) is 5.82 Å². The van der Waals surface area contributed by atoms with Crippen molar-refractivity contribution in [3.05, 3.63) is 17.7 Å². The van der Waals surface area contributed by atoms with Crippen LogP contribution in [0.1, 0.15) is 39.9 Å². The largest absolute Gasteiger partial charge is 0.465 e. The third-order valence-electron chi connectivity index (χ3n) is 2.28. The smallest absolute Gasteiger partial charge is 0.309 e. The van der Waals surface area contributed by atoms with E-state index in [1.807, 2.05) is 0 Å². The number of nitrogens with zero attached hydrogens (tertiary/aromatic N) is 2. The lowest BCUT2D eigenvalue weighted by Gasteiger charge is -2.13. The number of hydrogen-bond acceptors (Lipinski definition) is 3. The van der Waals surface area contributed by atoms with Crippen LogP contribution in [0.3, 0.4) is 0 Å². The third-order valence-corrected chi connectivity index (χ3v) is 2.28. The topological polar surface area (TPSA) is 44.1 Å². The Bertz CT molecular complexity index is 769. The summed E-state index contributed by atoms with van der Waals surface area (Å²) in [5.41, 5.74) is -0.838. The number of esters is 1. The van der Waals surface area contributed by atoms with Crippen LogP contribution < -0.4 is 0 Å². The monoisotopic (exact) mass is 233 g/mol. The first-order chi connectivity index (χ1) is 11.9. The van der Waals surface area contributed by atoms with Gasteiger partial charge in [-0.15, -0.1) is 0 Å². The minimum absolute atomic E-state index is 0.223. The van der Waals surface area contributed by atoms with Crippen LogP contribution in [0, 0.1) is 18.7 Å². The van der Waals surface area contributed by atoms with Crippen LogP contribution in [-0.2, 0) is 22.9 Å². The fourth-order valence-electron chi connectivity index (χ4n) is 1.35. The second-order valence-electron chi connectivity index (χ2n) is 3.29. The maximum Gasteiger partial charge on any atom is 0.309 e. The molecular formula is C12H18N2O2. The number of imidazole rings is 1. The number of carbonyl (C=O) groups excluding carboxylic acids is 1. The Morgan fingerprint density at radius 2 is 2.81 bits per heavy atom. The van der Waals surface area contributed by atoms with Crippen molar-refractivity contribution in [2.45, 2.75) is 26.6 Å². The minimum atomic E-state index is -3.11. The molecule has 0 radical (unpaired) electrons. The van der Waals surface area contributed by atoms with E-state index < -0.39 is 62.9 Å². The summed E-state index contributed by atoms with van der Waals surface area (Å²) >= 11 is 0. The molecule has 2 heterocycles. The molecular weight excluding hydrogens is 204 g/mol. The van der Waals surface area contributed by atoms with Gasteiger partial charge >= 0.3 is 5.97 Å². The lowest BCUT2D eigenvalue weighted by molar-refractivity contribution is -0.141. The van der Waals surface area contributed by atoms with Gasteiger partial charge < -0.3 is 9.30 Å². The van der Waals surface area contributed by atoms with Crippen LogP contribution in [0.5, 0.6) is 0 Å². The van der Waals surface area contributed by atoms with Gasteiger partial charge in [0.2, 0.25) is 0 Å². The van der Waals surface area contributed by atoms with Crippen LogP contribution in [-0.4, -0.2) is 22.1 Å². The maximum atomic E-state index is 12.1. The molecule has 2 atom stereocenters. The molecule has 1 saturated heterocycles. The zero-order chi connectivity index (χ0) is 21.2. The number of hydrogen-bond donors (Lipinski definition) is 0. The Labute approximate surface area is 111 Å².